The standard InChI is InChI=1S/C23H22N6/c1-2-8-20-19(7-1)23(28-22(27-20)18-6-5-11-24-16-18)26-15-17-9-10-21(25-14-17)29-12-3-4-13-29/h1-2,5-11,14,16H,3-4,12-13,15H2,(H,26,27,28). The smallest absolute Gasteiger partial charge is 0.163 e. The molecule has 0 bridgehead atoms. The Kier molecular flexibility index (Phi) is 4.74. The SMILES string of the molecule is c1cncc(-c2nc(NCc3ccc(N4CCCC4)nc3)c3ccccc3n2)c1. The molecule has 5 rings (SSSR count). The first kappa shape index (κ1) is 17.6. The van der Waals surface area contributed by atoms with Crippen molar-refractivity contribution in [3.05, 3.63) is 72.7 Å². The van der Waals surface area contributed by atoms with Crippen LogP contribution in [0.1, 0.15) is 18.4 Å². The highest BCUT2D eigenvalue weighted by molar-refractivity contribution is 5.90. The second-order valence-electron chi connectivity index (χ2n) is 7.23. The Hall–Kier alpha value is -3.54. The molecule has 0 aliphatic carbocycles. The molecule has 1 aliphatic rings. The van der Waals surface area contributed by atoms with E-state index in [1.54, 1.807) is 12.4 Å². The number of nitrogens with zero attached hydrogens (tertiary/aromatic N) is 5. The average Bonchev–Trinajstić information content (AvgIpc) is 3.33. The number of hydrogen-bond donors (Lipinski definition) is 1. The summed E-state index contributed by atoms with van der Waals surface area (Å²) in [6.07, 6.45) is 8.00. The Morgan fingerprint density at radius 3 is 2.59 bits per heavy atom. The van der Waals surface area contributed by atoms with Crippen molar-refractivity contribution in [3.8, 4) is 11.4 Å². The van der Waals surface area contributed by atoms with Crippen molar-refractivity contribution in [1.82, 2.24) is 19.9 Å². The lowest BCUT2D eigenvalue weighted by Gasteiger charge is -2.16. The van der Waals surface area contributed by atoms with Crippen molar-refractivity contribution in [3.63, 3.8) is 0 Å². The summed E-state index contributed by atoms with van der Waals surface area (Å²) in [7, 11) is 0. The van der Waals surface area contributed by atoms with E-state index in [9.17, 15) is 0 Å². The van der Waals surface area contributed by atoms with Crippen LogP contribution in [-0.4, -0.2) is 33.0 Å². The summed E-state index contributed by atoms with van der Waals surface area (Å²) in [4.78, 5) is 20.7. The van der Waals surface area contributed by atoms with Gasteiger partial charge in [-0.05, 0) is 48.7 Å². The van der Waals surface area contributed by atoms with Crippen LogP contribution in [-0.2, 0) is 6.54 Å². The topological polar surface area (TPSA) is 66.8 Å². The van der Waals surface area contributed by atoms with Crippen molar-refractivity contribution in [2.24, 2.45) is 0 Å². The molecule has 0 spiro atoms. The van der Waals surface area contributed by atoms with Crippen LogP contribution >= 0.6 is 0 Å². The maximum atomic E-state index is 4.78. The first-order valence-corrected chi connectivity index (χ1v) is 9.98. The van der Waals surface area contributed by atoms with Gasteiger partial charge in [0, 0.05) is 49.2 Å². The third-order valence-electron chi connectivity index (χ3n) is 5.22. The predicted molar refractivity (Wildman–Crippen MR) is 116 cm³/mol. The molecule has 0 radical (unpaired) electrons. The van der Waals surface area contributed by atoms with Gasteiger partial charge in [-0.3, -0.25) is 4.98 Å². The molecule has 4 aromatic rings. The van der Waals surface area contributed by atoms with E-state index in [4.69, 9.17) is 9.97 Å². The van der Waals surface area contributed by atoms with E-state index in [1.807, 2.05) is 42.6 Å². The lowest BCUT2D eigenvalue weighted by molar-refractivity contribution is 0.932. The van der Waals surface area contributed by atoms with Gasteiger partial charge in [-0.2, -0.15) is 0 Å². The fraction of sp³-hybridized carbons (Fsp3) is 0.217. The zero-order chi connectivity index (χ0) is 19.5. The Bertz CT molecular complexity index is 1110. The summed E-state index contributed by atoms with van der Waals surface area (Å²) in [6.45, 7) is 2.87. The van der Waals surface area contributed by atoms with Crippen molar-refractivity contribution in [1.29, 1.82) is 0 Å². The molecule has 0 unspecified atom stereocenters. The number of fused-ring (bicyclic) bond motifs is 1. The van der Waals surface area contributed by atoms with E-state index in [2.05, 4.69) is 32.3 Å². The van der Waals surface area contributed by atoms with Crippen LogP contribution < -0.4 is 10.2 Å². The first-order chi connectivity index (χ1) is 14.4. The van der Waals surface area contributed by atoms with E-state index in [-0.39, 0.29) is 0 Å². The van der Waals surface area contributed by atoms with Crippen LogP contribution in [0, 0.1) is 0 Å². The number of nitrogens with one attached hydrogen (secondary N) is 1. The average molecular weight is 382 g/mol. The molecule has 6 nitrogen and oxygen atoms in total. The molecule has 1 fully saturated rings. The van der Waals surface area contributed by atoms with Crippen LogP contribution in [0.2, 0.25) is 0 Å². The number of hydrogen-bond acceptors (Lipinski definition) is 6. The molecule has 1 aliphatic heterocycles. The van der Waals surface area contributed by atoms with Gasteiger partial charge in [-0.25, -0.2) is 15.0 Å². The second kappa shape index (κ2) is 7.83. The summed E-state index contributed by atoms with van der Waals surface area (Å²) in [5, 5.41) is 4.48. The summed E-state index contributed by atoms with van der Waals surface area (Å²) >= 11 is 0. The lowest BCUT2D eigenvalue weighted by atomic mass is 10.2. The molecule has 1 aromatic carbocycles. The molecule has 29 heavy (non-hydrogen) atoms. The monoisotopic (exact) mass is 382 g/mol. The minimum Gasteiger partial charge on any atom is -0.365 e. The van der Waals surface area contributed by atoms with Gasteiger partial charge in [-0.1, -0.05) is 18.2 Å². The van der Waals surface area contributed by atoms with Crippen LogP contribution in [0.3, 0.4) is 0 Å². The second-order valence-corrected chi connectivity index (χ2v) is 7.23. The van der Waals surface area contributed by atoms with E-state index in [0.29, 0.717) is 12.4 Å². The minimum atomic E-state index is 0.654. The molecule has 1 N–H and O–H groups in total. The minimum absolute atomic E-state index is 0.654. The number of benzene rings is 1. The summed E-state index contributed by atoms with van der Waals surface area (Å²) in [5.41, 5.74) is 2.93. The summed E-state index contributed by atoms with van der Waals surface area (Å²) in [6, 6.07) is 16.2. The molecule has 144 valence electrons. The highest BCUT2D eigenvalue weighted by Crippen LogP contribution is 2.25. The van der Waals surface area contributed by atoms with E-state index >= 15 is 0 Å². The predicted octanol–water partition coefficient (Wildman–Crippen LogP) is 4.30. The normalized spacial score (nSPS) is 13.7. The molecule has 4 heterocycles. The fourth-order valence-corrected chi connectivity index (χ4v) is 3.68. The van der Waals surface area contributed by atoms with Gasteiger partial charge in [-0.15, -0.1) is 0 Å². The van der Waals surface area contributed by atoms with Gasteiger partial charge in [0.2, 0.25) is 0 Å². The van der Waals surface area contributed by atoms with Crippen LogP contribution in [0.5, 0.6) is 0 Å². The zero-order valence-corrected chi connectivity index (χ0v) is 16.1. The molecule has 3 aromatic heterocycles. The van der Waals surface area contributed by atoms with Gasteiger partial charge in [0.15, 0.2) is 5.82 Å². The zero-order valence-electron chi connectivity index (χ0n) is 16.1. The Balaban J connectivity index is 1.41. The molecular weight excluding hydrogens is 360 g/mol. The molecule has 1 saturated heterocycles. The third-order valence-corrected chi connectivity index (χ3v) is 5.22. The van der Waals surface area contributed by atoms with Crippen molar-refractivity contribution >= 4 is 22.5 Å². The lowest BCUT2D eigenvalue weighted by Crippen LogP contribution is -2.18. The maximum Gasteiger partial charge on any atom is 0.163 e. The largest absolute Gasteiger partial charge is 0.365 e. The number of rotatable bonds is 5. The van der Waals surface area contributed by atoms with Gasteiger partial charge in [0.05, 0.1) is 5.52 Å². The van der Waals surface area contributed by atoms with Crippen LogP contribution in [0.25, 0.3) is 22.3 Å². The molecule has 6 heteroatoms. The van der Waals surface area contributed by atoms with Crippen molar-refractivity contribution in [2.75, 3.05) is 23.3 Å². The van der Waals surface area contributed by atoms with Crippen LogP contribution in [0.4, 0.5) is 11.6 Å². The van der Waals surface area contributed by atoms with Crippen molar-refractivity contribution in [2.45, 2.75) is 19.4 Å². The van der Waals surface area contributed by atoms with E-state index in [1.165, 1.54) is 12.8 Å². The first-order valence-electron chi connectivity index (χ1n) is 9.98. The van der Waals surface area contributed by atoms with Crippen LogP contribution in [0.15, 0.2) is 67.1 Å². The molecule has 0 amide bonds. The number of pyridine rings is 2. The van der Waals surface area contributed by atoms with Gasteiger partial charge in [0.1, 0.15) is 11.6 Å². The number of para-hydroxylation sites is 1. The van der Waals surface area contributed by atoms with Gasteiger partial charge < -0.3 is 10.2 Å². The Morgan fingerprint density at radius 1 is 0.897 bits per heavy atom. The molecule has 0 atom stereocenters. The fourth-order valence-electron chi connectivity index (χ4n) is 3.68. The summed E-state index contributed by atoms with van der Waals surface area (Å²) < 4.78 is 0. The third kappa shape index (κ3) is 3.74. The van der Waals surface area contributed by atoms with Gasteiger partial charge in [0.25, 0.3) is 0 Å². The summed E-state index contributed by atoms with van der Waals surface area (Å²) in [5.74, 6) is 2.55. The Morgan fingerprint density at radius 2 is 1.79 bits per heavy atom. The quantitative estimate of drug-likeness (QED) is 0.555. The highest BCUT2D eigenvalue weighted by atomic mass is 15.2. The molecule has 0 saturated carbocycles. The van der Waals surface area contributed by atoms with E-state index < -0.39 is 0 Å². The highest BCUT2D eigenvalue weighted by Gasteiger charge is 2.13. The maximum absolute atomic E-state index is 4.78. The van der Waals surface area contributed by atoms with Crippen molar-refractivity contribution < 1.29 is 0 Å². The number of aromatic nitrogens is 4. The Labute approximate surface area is 169 Å². The van der Waals surface area contributed by atoms with Gasteiger partial charge >= 0.3 is 0 Å². The van der Waals surface area contributed by atoms with E-state index in [0.717, 1.165) is 46.8 Å². The number of anilines is 2. The molecular formula is C23H22N6.